The Morgan fingerprint density at radius 1 is 1.21 bits per heavy atom. The lowest BCUT2D eigenvalue weighted by Crippen LogP contribution is -2.39. The molecule has 0 saturated heterocycles. The lowest BCUT2D eigenvalue weighted by molar-refractivity contribution is 0.416. The number of fused-ring (bicyclic) bond motifs is 2. The van der Waals surface area contributed by atoms with Crippen molar-refractivity contribution in [3.8, 4) is 5.75 Å². The molecule has 0 aliphatic carbocycles. The van der Waals surface area contributed by atoms with E-state index in [1.165, 1.54) is 17.4 Å². The summed E-state index contributed by atoms with van der Waals surface area (Å²) >= 11 is 1.30. The highest BCUT2D eigenvalue weighted by Gasteiger charge is 2.30. The summed E-state index contributed by atoms with van der Waals surface area (Å²) in [5.74, 6) is -0.111. The average molecular weight is 432 g/mol. The number of sulfonamides is 1. The van der Waals surface area contributed by atoms with Crippen molar-refractivity contribution in [3.63, 3.8) is 0 Å². The molecule has 29 heavy (non-hydrogen) atoms. The van der Waals surface area contributed by atoms with Crippen LogP contribution in [0, 0.1) is 5.92 Å². The zero-order valence-corrected chi connectivity index (χ0v) is 17.7. The van der Waals surface area contributed by atoms with Gasteiger partial charge in [-0.05, 0) is 29.5 Å². The highest BCUT2D eigenvalue weighted by atomic mass is 32.2. The van der Waals surface area contributed by atoms with E-state index in [2.05, 4.69) is 23.6 Å². The average Bonchev–Trinajstić information content (AvgIpc) is 3.18. The Kier molecular flexibility index (Phi) is 4.95. The van der Waals surface area contributed by atoms with Crippen molar-refractivity contribution < 1.29 is 13.5 Å². The first-order chi connectivity index (χ1) is 13.9. The van der Waals surface area contributed by atoms with Crippen molar-refractivity contribution in [2.75, 3.05) is 0 Å². The van der Waals surface area contributed by atoms with Crippen molar-refractivity contribution in [2.24, 2.45) is 10.9 Å². The number of rotatable bonds is 5. The zero-order chi connectivity index (χ0) is 20.8. The Morgan fingerprint density at radius 2 is 1.93 bits per heavy atom. The molecule has 0 unspecified atom stereocenters. The summed E-state index contributed by atoms with van der Waals surface area (Å²) in [4.78, 5) is 17.8. The van der Waals surface area contributed by atoms with Gasteiger partial charge in [-0.2, -0.15) is 0 Å². The number of hydrogen-bond donors (Lipinski definition) is 2. The number of para-hydroxylation sites is 1. The Labute approximate surface area is 172 Å². The van der Waals surface area contributed by atoms with Gasteiger partial charge in [0.15, 0.2) is 11.6 Å². The highest BCUT2D eigenvalue weighted by molar-refractivity contribution is 7.90. The molecule has 0 radical (unpaired) electrons. The van der Waals surface area contributed by atoms with Crippen LogP contribution in [0.15, 0.2) is 50.4 Å². The Bertz CT molecular complexity index is 1280. The first kappa shape index (κ1) is 19.7. The van der Waals surface area contributed by atoms with Crippen LogP contribution in [0.2, 0.25) is 0 Å². The molecule has 1 aliphatic rings. The third-order valence-corrected chi connectivity index (χ3v) is 7.59. The van der Waals surface area contributed by atoms with Crippen LogP contribution in [0.25, 0.3) is 10.2 Å². The third-order valence-electron chi connectivity index (χ3n) is 5.30. The molecule has 7 nitrogen and oxygen atoms in total. The van der Waals surface area contributed by atoms with Crippen molar-refractivity contribution in [1.82, 2.24) is 9.29 Å². The van der Waals surface area contributed by atoms with Crippen molar-refractivity contribution in [1.29, 1.82) is 0 Å². The van der Waals surface area contributed by atoms with E-state index in [0.29, 0.717) is 22.7 Å². The smallest absolute Gasteiger partial charge is 0.265 e. The molecule has 3 heterocycles. The Hall–Kier alpha value is -2.65. The van der Waals surface area contributed by atoms with Crippen LogP contribution >= 0.6 is 11.3 Å². The minimum atomic E-state index is -3.89. The van der Waals surface area contributed by atoms with Crippen molar-refractivity contribution in [2.45, 2.75) is 38.1 Å². The zero-order valence-electron chi connectivity index (χ0n) is 16.0. The number of nitrogens with zero attached hydrogens (tertiary/aromatic N) is 2. The van der Waals surface area contributed by atoms with Gasteiger partial charge in [0.1, 0.15) is 10.5 Å². The number of hydrogen-bond acceptors (Lipinski definition) is 6. The van der Waals surface area contributed by atoms with Gasteiger partial charge in [-0.25, -0.2) is 13.4 Å². The van der Waals surface area contributed by atoms with Gasteiger partial charge in [-0.3, -0.25) is 9.52 Å². The lowest BCUT2D eigenvalue weighted by atomic mass is 10.0. The monoisotopic (exact) mass is 431 g/mol. The second kappa shape index (κ2) is 7.31. The van der Waals surface area contributed by atoms with Crippen LogP contribution in [0.1, 0.15) is 32.3 Å². The van der Waals surface area contributed by atoms with E-state index in [9.17, 15) is 18.3 Å². The van der Waals surface area contributed by atoms with E-state index < -0.39 is 15.6 Å². The minimum absolute atomic E-state index is 0.0396. The van der Waals surface area contributed by atoms with Gasteiger partial charge in [0.2, 0.25) is 0 Å². The van der Waals surface area contributed by atoms with Gasteiger partial charge in [-0.1, -0.05) is 38.8 Å². The topological polar surface area (TPSA) is 101 Å². The number of benzene rings is 1. The predicted molar refractivity (Wildman–Crippen MR) is 115 cm³/mol. The van der Waals surface area contributed by atoms with Crippen molar-refractivity contribution in [3.05, 3.63) is 51.6 Å². The molecule has 1 aromatic carbocycles. The molecule has 1 aliphatic heterocycles. The van der Waals surface area contributed by atoms with Gasteiger partial charge in [-0.15, -0.1) is 11.3 Å². The molecule has 0 atom stereocenters. The molecule has 2 aromatic heterocycles. The highest BCUT2D eigenvalue weighted by Crippen LogP contribution is 2.34. The third kappa shape index (κ3) is 3.24. The molecule has 152 valence electrons. The number of aliphatic imine (C=N–C) groups is 1. The first-order valence-corrected chi connectivity index (χ1v) is 11.8. The fourth-order valence-corrected chi connectivity index (χ4v) is 5.57. The van der Waals surface area contributed by atoms with Gasteiger partial charge < -0.3 is 9.67 Å². The van der Waals surface area contributed by atoms with Gasteiger partial charge >= 0.3 is 0 Å². The van der Waals surface area contributed by atoms with E-state index in [-0.39, 0.29) is 27.7 Å². The molecule has 9 heteroatoms. The van der Waals surface area contributed by atoms with E-state index in [1.807, 2.05) is 0 Å². The number of aromatic nitrogens is 1. The fourth-order valence-electron chi connectivity index (χ4n) is 3.56. The number of pyridine rings is 1. The van der Waals surface area contributed by atoms with Crippen LogP contribution in [-0.4, -0.2) is 23.9 Å². The van der Waals surface area contributed by atoms with E-state index >= 15 is 0 Å². The molecule has 0 saturated carbocycles. The summed E-state index contributed by atoms with van der Waals surface area (Å²) in [6, 6.07) is 8.10. The lowest BCUT2D eigenvalue weighted by Gasteiger charge is -2.21. The van der Waals surface area contributed by atoms with E-state index in [4.69, 9.17) is 0 Å². The summed E-state index contributed by atoms with van der Waals surface area (Å²) < 4.78 is 29.9. The van der Waals surface area contributed by atoms with Crippen LogP contribution in [0.5, 0.6) is 5.75 Å². The maximum absolute atomic E-state index is 13.4. The molecule has 2 N–H and O–H groups in total. The number of amidine groups is 1. The molecular weight excluding hydrogens is 410 g/mol. The summed E-state index contributed by atoms with van der Waals surface area (Å²) in [5.41, 5.74) is 0.302. The quantitative estimate of drug-likeness (QED) is 0.645. The van der Waals surface area contributed by atoms with Crippen LogP contribution < -0.4 is 10.3 Å². The largest absolute Gasteiger partial charge is 0.505 e. The summed E-state index contributed by atoms with van der Waals surface area (Å²) in [7, 11) is -3.89. The van der Waals surface area contributed by atoms with Crippen molar-refractivity contribution >= 4 is 43.1 Å². The summed E-state index contributed by atoms with van der Waals surface area (Å²) in [5, 5.41) is 12.6. The number of thiophene rings is 1. The fraction of sp³-hybridized carbons (Fsp3) is 0.300. The number of nitrogens with one attached hydrogen (secondary N) is 1. The second-order valence-corrected chi connectivity index (χ2v) is 9.56. The molecular formula is C20H21N3O4S2. The molecule has 0 amide bonds. The predicted octanol–water partition coefficient (Wildman–Crippen LogP) is 3.58. The molecule has 0 bridgehead atoms. The van der Waals surface area contributed by atoms with Crippen LogP contribution in [0.3, 0.4) is 0 Å². The van der Waals surface area contributed by atoms with E-state index in [1.54, 1.807) is 34.2 Å². The maximum atomic E-state index is 13.4. The molecule has 3 aromatic rings. The van der Waals surface area contributed by atoms with Gasteiger partial charge in [0, 0.05) is 6.54 Å². The first-order valence-electron chi connectivity index (χ1n) is 9.41. The maximum Gasteiger partial charge on any atom is 0.265 e. The minimum Gasteiger partial charge on any atom is -0.505 e. The van der Waals surface area contributed by atoms with Gasteiger partial charge in [0.25, 0.3) is 15.6 Å². The standard InChI is InChI=1S/C20H21N3O4S2/c1-3-12(4-2)11-23-14-9-10-28-18(14)17(24)16(20(23)25)19-21-13-7-5-6-8-15(13)29(26,27)22-19/h5-10,12,24H,3-4,11H2,1-2H3,(H,21,22). The normalized spacial score (nSPS) is 15.2. The Morgan fingerprint density at radius 3 is 2.66 bits per heavy atom. The van der Waals surface area contributed by atoms with Gasteiger partial charge in [0.05, 0.1) is 15.9 Å². The molecule has 0 spiro atoms. The number of aromatic hydroxyl groups is 1. The van der Waals surface area contributed by atoms with Crippen LogP contribution in [-0.2, 0) is 16.6 Å². The molecule has 4 rings (SSSR count). The Balaban J connectivity index is 1.98. The second-order valence-electron chi connectivity index (χ2n) is 6.99. The summed E-state index contributed by atoms with van der Waals surface area (Å²) in [6.07, 6.45) is 1.82. The SMILES string of the molecule is CCC(CC)Cn1c(=O)c(C2=Nc3ccccc3S(=O)(=O)N2)c(O)c2sccc21. The van der Waals surface area contributed by atoms with Crippen LogP contribution in [0.4, 0.5) is 5.69 Å². The summed E-state index contributed by atoms with van der Waals surface area (Å²) in [6.45, 7) is 4.63. The van der Waals surface area contributed by atoms with E-state index in [0.717, 1.165) is 12.8 Å². The molecule has 0 fully saturated rings.